The van der Waals surface area contributed by atoms with Gasteiger partial charge in [-0.25, -0.2) is 4.39 Å². The van der Waals surface area contributed by atoms with E-state index in [0.717, 1.165) is 37.9 Å². The highest BCUT2D eigenvalue weighted by Crippen LogP contribution is 2.49. The summed E-state index contributed by atoms with van der Waals surface area (Å²) in [5.74, 6) is -0.337. The van der Waals surface area contributed by atoms with Gasteiger partial charge in [0.2, 0.25) is 5.91 Å². The summed E-state index contributed by atoms with van der Waals surface area (Å²) < 4.78 is 20.5. The van der Waals surface area contributed by atoms with Crippen LogP contribution >= 0.6 is 0 Å². The van der Waals surface area contributed by atoms with Crippen molar-refractivity contribution in [2.45, 2.75) is 43.7 Å². The fraction of sp³-hybridized carbons (Fsp3) is 0.444. The van der Waals surface area contributed by atoms with Gasteiger partial charge in [0.1, 0.15) is 5.82 Å². The molecule has 1 aromatic carbocycles. The van der Waals surface area contributed by atoms with Crippen molar-refractivity contribution in [3.63, 3.8) is 0 Å². The molecule has 0 bridgehead atoms. The van der Waals surface area contributed by atoms with E-state index < -0.39 is 5.41 Å². The van der Waals surface area contributed by atoms with E-state index in [2.05, 4.69) is 10.4 Å². The van der Waals surface area contributed by atoms with Gasteiger partial charge in [0, 0.05) is 12.8 Å². The van der Waals surface area contributed by atoms with Crippen molar-refractivity contribution in [2.24, 2.45) is 0 Å². The second-order valence-electron chi connectivity index (χ2n) is 6.63. The minimum absolute atomic E-state index is 0.0502. The lowest BCUT2D eigenvalue weighted by molar-refractivity contribution is -0.118. The number of nitrogens with zero attached hydrogens (tertiary/aromatic N) is 2. The van der Waals surface area contributed by atoms with Gasteiger partial charge in [0.05, 0.1) is 29.9 Å². The maximum absolute atomic E-state index is 13.1. The van der Waals surface area contributed by atoms with Gasteiger partial charge in [-0.15, -0.1) is 0 Å². The van der Waals surface area contributed by atoms with E-state index in [9.17, 15) is 9.18 Å². The van der Waals surface area contributed by atoms with Crippen LogP contribution in [0.4, 0.5) is 10.1 Å². The van der Waals surface area contributed by atoms with Crippen LogP contribution in [-0.2, 0) is 21.5 Å². The summed E-state index contributed by atoms with van der Waals surface area (Å²) in [5, 5.41) is 7.24. The SMILES string of the molecule is O=C(Nc1cnn(CC2CCCO2)c1)C1(c2ccc(F)cc2)CC1. The zero-order valence-corrected chi connectivity index (χ0v) is 13.4. The first-order chi connectivity index (χ1) is 11.7. The molecule has 1 saturated carbocycles. The number of carbonyl (C=O) groups excluding carboxylic acids is 1. The molecular formula is C18H20FN3O2. The zero-order chi connectivity index (χ0) is 16.6. The molecule has 1 aliphatic heterocycles. The molecule has 1 aromatic heterocycles. The van der Waals surface area contributed by atoms with Crippen LogP contribution in [0.3, 0.4) is 0 Å². The van der Waals surface area contributed by atoms with Crippen LogP contribution in [0, 0.1) is 5.82 Å². The summed E-state index contributed by atoms with van der Waals surface area (Å²) in [6.07, 6.45) is 7.42. The standard InChI is InChI=1S/C18H20FN3O2/c19-14-5-3-13(4-6-14)18(7-8-18)17(23)21-15-10-20-22(11-15)12-16-2-1-9-24-16/h3-6,10-11,16H,1-2,7-9,12H2,(H,21,23). The molecule has 1 aliphatic carbocycles. The summed E-state index contributed by atoms with van der Waals surface area (Å²) in [4.78, 5) is 12.7. The summed E-state index contributed by atoms with van der Waals surface area (Å²) in [6, 6.07) is 6.20. The summed E-state index contributed by atoms with van der Waals surface area (Å²) >= 11 is 0. The maximum atomic E-state index is 13.1. The third-order valence-electron chi connectivity index (χ3n) is 4.89. The molecule has 5 nitrogen and oxygen atoms in total. The van der Waals surface area contributed by atoms with Crippen LogP contribution < -0.4 is 5.32 Å². The Kier molecular flexibility index (Phi) is 3.84. The Balaban J connectivity index is 1.42. The number of benzene rings is 1. The minimum Gasteiger partial charge on any atom is -0.376 e. The summed E-state index contributed by atoms with van der Waals surface area (Å²) in [6.45, 7) is 1.52. The highest BCUT2D eigenvalue weighted by atomic mass is 19.1. The molecule has 24 heavy (non-hydrogen) atoms. The Morgan fingerprint density at radius 3 is 2.83 bits per heavy atom. The first-order valence-corrected chi connectivity index (χ1v) is 8.37. The summed E-state index contributed by atoms with van der Waals surface area (Å²) in [5.41, 5.74) is 1.03. The van der Waals surface area contributed by atoms with Crippen LogP contribution in [0.5, 0.6) is 0 Å². The fourth-order valence-corrected chi connectivity index (χ4v) is 3.32. The average molecular weight is 329 g/mol. The molecule has 2 heterocycles. The van der Waals surface area contributed by atoms with Gasteiger partial charge in [-0.05, 0) is 43.4 Å². The Labute approximate surface area is 139 Å². The third-order valence-corrected chi connectivity index (χ3v) is 4.89. The lowest BCUT2D eigenvalue weighted by Gasteiger charge is -2.15. The topological polar surface area (TPSA) is 56.2 Å². The predicted octanol–water partition coefficient (Wildman–Crippen LogP) is 2.87. The minimum atomic E-state index is -0.523. The molecule has 0 radical (unpaired) electrons. The number of hydrogen-bond acceptors (Lipinski definition) is 3. The smallest absolute Gasteiger partial charge is 0.235 e. The van der Waals surface area contributed by atoms with Crippen molar-refractivity contribution in [2.75, 3.05) is 11.9 Å². The van der Waals surface area contributed by atoms with Crippen LogP contribution in [0.15, 0.2) is 36.7 Å². The second-order valence-corrected chi connectivity index (χ2v) is 6.63. The molecule has 1 N–H and O–H groups in total. The van der Waals surface area contributed by atoms with Crippen molar-refractivity contribution in [3.8, 4) is 0 Å². The normalized spacial score (nSPS) is 21.6. The van der Waals surface area contributed by atoms with E-state index in [1.807, 2.05) is 10.9 Å². The van der Waals surface area contributed by atoms with Crippen molar-refractivity contribution in [1.29, 1.82) is 0 Å². The molecule has 1 unspecified atom stereocenters. The van der Waals surface area contributed by atoms with Gasteiger partial charge in [-0.2, -0.15) is 5.10 Å². The Hall–Kier alpha value is -2.21. The zero-order valence-electron chi connectivity index (χ0n) is 13.4. The van der Waals surface area contributed by atoms with Gasteiger partial charge in [-0.3, -0.25) is 9.48 Å². The van der Waals surface area contributed by atoms with E-state index in [-0.39, 0.29) is 17.8 Å². The number of rotatable bonds is 5. The van der Waals surface area contributed by atoms with Crippen molar-refractivity contribution in [3.05, 3.63) is 48.0 Å². The van der Waals surface area contributed by atoms with Gasteiger partial charge in [-0.1, -0.05) is 12.1 Å². The monoisotopic (exact) mass is 329 g/mol. The fourth-order valence-electron chi connectivity index (χ4n) is 3.32. The van der Waals surface area contributed by atoms with Gasteiger partial charge in [0.15, 0.2) is 0 Å². The first kappa shape index (κ1) is 15.3. The van der Waals surface area contributed by atoms with Gasteiger partial charge >= 0.3 is 0 Å². The molecule has 0 spiro atoms. The third kappa shape index (κ3) is 2.94. The van der Waals surface area contributed by atoms with E-state index in [1.54, 1.807) is 18.3 Å². The van der Waals surface area contributed by atoms with E-state index in [4.69, 9.17) is 4.74 Å². The molecule has 126 valence electrons. The number of hydrogen-bond donors (Lipinski definition) is 1. The van der Waals surface area contributed by atoms with E-state index in [1.165, 1.54) is 12.1 Å². The van der Waals surface area contributed by atoms with Crippen molar-refractivity contribution in [1.82, 2.24) is 9.78 Å². The highest BCUT2D eigenvalue weighted by Gasteiger charge is 2.51. The quantitative estimate of drug-likeness (QED) is 0.918. The average Bonchev–Trinajstić information content (AvgIpc) is 3.01. The molecule has 1 amide bonds. The van der Waals surface area contributed by atoms with Gasteiger partial charge < -0.3 is 10.1 Å². The van der Waals surface area contributed by atoms with Gasteiger partial charge in [0.25, 0.3) is 0 Å². The molecule has 2 aromatic rings. The molecule has 1 saturated heterocycles. The molecule has 6 heteroatoms. The number of aromatic nitrogens is 2. The molecule has 4 rings (SSSR count). The van der Waals surface area contributed by atoms with Crippen LogP contribution in [0.1, 0.15) is 31.2 Å². The Morgan fingerprint density at radius 2 is 2.17 bits per heavy atom. The number of amides is 1. The van der Waals surface area contributed by atoms with Crippen LogP contribution in [-0.4, -0.2) is 28.4 Å². The highest BCUT2D eigenvalue weighted by molar-refractivity contribution is 6.01. The molecular weight excluding hydrogens is 309 g/mol. The van der Waals surface area contributed by atoms with E-state index in [0.29, 0.717) is 12.2 Å². The maximum Gasteiger partial charge on any atom is 0.235 e. The molecule has 2 fully saturated rings. The Morgan fingerprint density at radius 1 is 1.38 bits per heavy atom. The lowest BCUT2D eigenvalue weighted by Crippen LogP contribution is -2.27. The van der Waals surface area contributed by atoms with Crippen molar-refractivity contribution < 1.29 is 13.9 Å². The number of anilines is 1. The number of ether oxygens (including phenoxy) is 1. The second kappa shape index (κ2) is 6.02. The number of nitrogens with one attached hydrogen (secondary N) is 1. The van der Waals surface area contributed by atoms with Crippen LogP contribution in [0.25, 0.3) is 0 Å². The molecule has 1 atom stereocenters. The number of carbonyl (C=O) groups is 1. The first-order valence-electron chi connectivity index (χ1n) is 8.37. The predicted molar refractivity (Wildman–Crippen MR) is 87.1 cm³/mol. The summed E-state index contributed by atoms with van der Waals surface area (Å²) in [7, 11) is 0. The van der Waals surface area contributed by atoms with E-state index >= 15 is 0 Å². The number of halogens is 1. The molecule has 2 aliphatic rings. The van der Waals surface area contributed by atoms with Crippen LogP contribution in [0.2, 0.25) is 0 Å². The Bertz CT molecular complexity index is 731. The lowest BCUT2D eigenvalue weighted by atomic mass is 9.95. The van der Waals surface area contributed by atoms with Crippen molar-refractivity contribution >= 4 is 11.6 Å². The largest absolute Gasteiger partial charge is 0.376 e.